The molecule has 16 aliphatic heterocycles. The molecule has 16 rings (SSSR count). The number of carboxylic acids is 2. The van der Waals surface area contributed by atoms with Crippen LogP contribution in [0, 0.1) is 0 Å². The van der Waals surface area contributed by atoms with Gasteiger partial charge in [0.15, 0.2) is 37.7 Å². The summed E-state index contributed by atoms with van der Waals surface area (Å²) in [7, 11) is 0. The molecule has 89 heavy (non-hydrogen) atoms. The summed E-state index contributed by atoms with van der Waals surface area (Å²) in [5, 5.41) is 232. The van der Waals surface area contributed by atoms with Gasteiger partial charge in [-0.15, -0.1) is 0 Å². The second kappa shape index (κ2) is 33.3. The molecule has 0 amide bonds. The molecule has 41 heteroatoms. The lowest BCUT2D eigenvalue weighted by Crippen LogP contribution is -2.68. The zero-order valence-corrected chi connectivity index (χ0v) is 48.7. The Kier molecular flexibility index (Phi) is 27.9. The molecule has 39 nitrogen and oxygen atoms in total. The average molecular weight is 1340 g/mol. The van der Waals surface area contributed by atoms with E-state index in [1.807, 2.05) is 0 Å². The van der Waals surface area contributed by atoms with Crippen LogP contribution in [0.25, 0.3) is 0 Å². The summed E-state index contributed by atoms with van der Waals surface area (Å²) < 4.78 is 69.9. The molecule has 16 fully saturated rings. The number of rotatable bonds is 17. The van der Waals surface area contributed by atoms with Crippen LogP contribution in [0.5, 0.6) is 0 Å². The minimum Gasteiger partial charge on any atom is -0.480 e. The summed E-state index contributed by atoms with van der Waals surface area (Å²) in [6, 6.07) is -2.95. The monoisotopic (exact) mass is 1340 g/mol. The summed E-state index contributed by atoms with van der Waals surface area (Å²) >= 11 is 1.58. The first kappa shape index (κ1) is 74.6. The van der Waals surface area contributed by atoms with Gasteiger partial charge in [-0.3, -0.25) is 9.59 Å². The van der Waals surface area contributed by atoms with Crippen LogP contribution in [-0.2, 0) is 76.2 Å². The van der Waals surface area contributed by atoms with Crippen LogP contribution in [0.15, 0.2) is 0 Å². The topological polar surface area (TPSA) is 640 Å². The van der Waals surface area contributed by atoms with Crippen molar-refractivity contribution in [3.8, 4) is 0 Å². The van der Waals surface area contributed by atoms with Gasteiger partial charge in [-0.2, -0.15) is 23.5 Å². The predicted octanol–water partition coefficient (Wildman–Crippen LogP) is -14.3. The van der Waals surface area contributed by atoms with Gasteiger partial charge in [0.05, 0.1) is 45.2 Å². The van der Waals surface area contributed by atoms with Crippen LogP contribution in [0.2, 0.25) is 0 Å². The van der Waals surface area contributed by atoms with E-state index in [1.54, 1.807) is 0 Å². The van der Waals surface area contributed by atoms with Crippen molar-refractivity contribution in [2.45, 2.75) is 228 Å². The number of ether oxygens (including phenoxy) is 12. The van der Waals surface area contributed by atoms with Gasteiger partial charge in [0, 0.05) is 23.0 Å². The fraction of sp³-hybridized carbons (Fsp3) is 0.958. The van der Waals surface area contributed by atoms with Crippen molar-refractivity contribution in [3.05, 3.63) is 0 Å². The van der Waals surface area contributed by atoms with Gasteiger partial charge in [-0.1, -0.05) is 0 Å². The first-order valence-electron chi connectivity index (χ1n) is 28.0. The smallest absolute Gasteiger partial charge is 0.321 e. The number of carbonyl (C=O) groups is 2. The van der Waals surface area contributed by atoms with E-state index in [-0.39, 0.29) is 11.5 Å². The molecule has 0 aromatic carbocycles. The van der Waals surface area contributed by atoms with Crippen LogP contribution in [0.1, 0.15) is 6.92 Å². The molecule has 0 spiro atoms. The van der Waals surface area contributed by atoms with Crippen LogP contribution in [-0.4, -0.2) is 396 Å². The Morgan fingerprint density at radius 3 is 0.876 bits per heavy atom. The van der Waals surface area contributed by atoms with Gasteiger partial charge in [0.1, 0.15) is 171 Å². The third kappa shape index (κ3) is 17.1. The first-order valence-corrected chi connectivity index (χ1v) is 30.3. The van der Waals surface area contributed by atoms with Crippen molar-refractivity contribution in [1.29, 1.82) is 0 Å². The number of aliphatic hydroxyl groups excluding tert-OH is 19. The van der Waals surface area contributed by atoms with Gasteiger partial charge in [-0.25, -0.2) is 9.78 Å². The maximum Gasteiger partial charge on any atom is 0.321 e. The van der Waals surface area contributed by atoms with Crippen molar-refractivity contribution >= 4 is 35.5 Å². The molecule has 25 N–H and O–H groups in total. The number of hydrogen-bond acceptors (Lipinski definition) is 39. The summed E-state index contributed by atoms with van der Waals surface area (Å²) in [4.78, 5) is 34.2. The van der Waals surface area contributed by atoms with E-state index in [0.717, 1.165) is 30.4 Å². The summed E-state index contributed by atoms with van der Waals surface area (Å²) in [5.41, 5.74) is 11.4. The summed E-state index contributed by atoms with van der Waals surface area (Å²) in [5.74, 6) is -4.31. The van der Waals surface area contributed by atoms with Gasteiger partial charge in [0.25, 0.3) is 0 Å². The normalized spacial score (nSPS) is 47.8. The highest BCUT2D eigenvalue weighted by atomic mass is 32.2. The number of hydrogen-bond donors (Lipinski definition) is 23. The standard InChI is InChI=1S/C48H82N2O37S2/c1-11(56)21(57)38-18(6-55)86-87-40-20(10-89-8-13(50)42(72)73)79-48(33(69)27(40)63)83-37-17(5-54)75-44(29(65)23(37)59)81-35-15(3-52)77-46(31(67)25(35)61)85-39-19(9-88-7-12(49)41(70)71)78-47(32(68)26(39)62)82-36-16(4-53)74-43(28(64)22(36)58)80-34-14(2-51)76-45(84-38)30(66)24(34)60/h11-40,43-48,51-69H,2-10,49-50H2,1H3,(H,70,71)(H,72,73)/t11-,12+,13+,14?,15?,16?,17?,18?,19?,20?,21+,22?,23+,24?,25?,26+,27+,28?,29?,30?,31?,32?,33?,34+,35+,36+,37+,38+,39+,40+,43+,44-,45+,46-,47-,48+/m0/s1. The number of nitrogens with two attached hydrogens (primary N) is 2. The van der Waals surface area contributed by atoms with Crippen molar-refractivity contribution in [2.75, 3.05) is 56.0 Å². The summed E-state index contributed by atoms with van der Waals surface area (Å²) in [6.07, 6.45) is -69.8. The SMILES string of the molecule is C[C@H](O)[C@@H](O)[C@@H]1O[C@H]2OC(CO)[C@@H](O[C@H]3OC(CO)[C@@H](O[C@@H]4OC(CSC[C@@H](N)C(=O)O)[C@@H](O[C@@H]5OC(CO)[C@@H](O[C@@H]6OC(CO)[C@@H](O[C@H]7OC(CSC[C@@H](N)C(=O)O)[C@@H](OOC1CO)[C@H](O)C7O)[C@H](O)C6O)C(O)C5O)[C@H](O)C4O)C(O)C3O)C(O)C2O. The molecular weight excluding hydrogens is 1260 g/mol. The molecular formula is C48H82N2O37S2. The number of aliphatic hydroxyl groups is 19. The van der Waals surface area contributed by atoms with E-state index in [2.05, 4.69) is 0 Å². The molecule has 16 unspecified atom stereocenters. The third-order valence-electron chi connectivity index (χ3n) is 15.8. The molecule has 0 aliphatic carbocycles. The second-order valence-corrected chi connectivity index (χ2v) is 24.2. The molecule has 16 aliphatic rings. The molecule has 518 valence electrons. The van der Waals surface area contributed by atoms with Crippen LogP contribution >= 0.6 is 23.5 Å². The van der Waals surface area contributed by atoms with Crippen LogP contribution < -0.4 is 11.5 Å². The van der Waals surface area contributed by atoms with E-state index in [9.17, 15) is 117 Å². The average Bonchev–Trinajstić information content (AvgIpc) is 0.941. The molecule has 0 saturated carbocycles. The maximum absolute atomic E-state index is 11.7. The van der Waals surface area contributed by atoms with Crippen molar-refractivity contribution in [1.82, 2.24) is 0 Å². The third-order valence-corrected chi connectivity index (χ3v) is 18.1. The molecule has 0 aromatic rings. The summed E-state index contributed by atoms with van der Waals surface area (Å²) in [6.45, 7) is -4.59. The van der Waals surface area contributed by atoms with Gasteiger partial charge >= 0.3 is 11.9 Å². The van der Waals surface area contributed by atoms with Gasteiger partial charge in [-0.05, 0) is 6.92 Å². The number of aliphatic carboxylic acids is 2. The maximum atomic E-state index is 11.7. The fourth-order valence-corrected chi connectivity index (χ4v) is 12.7. The Morgan fingerprint density at radius 1 is 0.360 bits per heavy atom. The van der Waals surface area contributed by atoms with Gasteiger partial charge < -0.3 is 176 Å². The predicted molar refractivity (Wildman–Crippen MR) is 282 cm³/mol. The Bertz CT molecular complexity index is 2180. The van der Waals surface area contributed by atoms with Crippen molar-refractivity contribution in [2.24, 2.45) is 11.5 Å². The highest BCUT2D eigenvalue weighted by molar-refractivity contribution is 7.99. The molecule has 0 aromatic heterocycles. The Hall–Kier alpha value is -1.76. The minimum atomic E-state index is -2.32. The molecule has 12 bridgehead atoms. The van der Waals surface area contributed by atoms with Crippen LogP contribution in [0.3, 0.4) is 0 Å². The Labute approximate surface area is 512 Å². The quantitative estimate of drug-likeness (QED) is 0.0601. The van der Waals surface area contributed by atoms with E-state index in [1.165, 1.54) is 0 Å². The molecule has 36 atom stereocenters. The van der Waals surface area contributed by atoms with Crippen molar-refractivity contribution in [3.63, 3.8) is 0 Å². The zero-order chi connectivity index (χ0) is 65.6. The van der Waals surface area contributed by atoms with E-state index in [4.69, 9.17) is 78.1 Å². The van der Waals surface area contributed by atoms with E-state index in [0.29, 0.717) is 0 Å². The highest BCUT2D eigenvalue weighted by Crippen LogP contribution is 2.39. The largest absolute Gasteiger partial charge is 0.480 e. The van der Waals surface area contributed by atoms with Crippen LogP contribution in [0.4, 0.5) is 0 Å². The Morgan fingerprint density at radius 2 is 0.607 bits per heavy atom. The molecule has 16 saturated heterocycles. The number of carboxylic acid groups (broad SMARTS) is 2. The van der Waals surface area contributed by atoms with Crippen molar-refractivity contribution < 1.29 is 183 Å². The lowest BCUT2D eigenvalue weighted by atomic mass is 9.95. The number of thioether (sulfide) groups is 2. The first-order chi connectivity index (χ1) is 42.1. The lowest BCUT2D eigenvalue weighted by Gasteiger charge is -2.50. The zero-order valence-electron chi connectivity index (χ0n) is 47.0. The molecule has 16 heterocycles. The second-order valence-electron chi connectivity index (χ2n) is 22.1. The Balaban J connectivity index is 1.23. The van der Waals surface area contributed by atoms with E-state index >= 15 is 0 Å². The minimum absolute atomic E-state index is 0.320. The van der Waals surface area contributed by atoms with E-state index < -0.39 is 277 Å². The lowest BCUT2D eigenvalue weighted by molar-refractivity contribution is -0.431. The van der Waals surface area contributed by atoms with Gasteiger partial charge in [0.2, 0.25) is 0 Å². The fourth-order valence-electron chi connectivity index (χ4n) is 10.6. The highest BCUT2D eigenvalue weighted by Gasteiger charge is 2.59. The molecule has 0 radical (unpaired) electrons.